The van der Waals surface area contributed by atoms with Crippen molar-refractivity contribution in [1.29, 1.82) is 0 Å². The van der Waals surface area contributed by atoms with Gasteiger partial charge in [0.1, 0.15) is 0 Å². The first kappa shape index (κ1) is 5.74. The molecule has 0 aromatic carbocycles. The van der Waals surface area contributed by atoms with Crippen molar-refractivity contribution in [3.8, 4) is 0 Å². The molecule has 2 aromatic rings. The van der Waals surface area contributed by atoms with E-state index in [9.17, 15) is 0 Å². The summed E-state index contributed by atoms with van der Waals surface area (Å²) in [5, 5.41) is 0. The summed E-state index contributed by atoms with van der Waals surface area (Å²) in [5.74, 6) is 0. The molecule has 0 aliphatic heterocycles. The van der Waals surface area contributed by atoms with Crippen molar-refractivity contribution in [2.75, 3.05) is 0 Å². The minimum atomic E-state index is 0.917. The third-order valence-corrected chi connectivity index (χ3v) is 1.87. The smallest absolute Gasteiger partial charge is 0.0632 e. The maximum atomic E-state index is 5.07. The van der Waals surface area contributed by atoms with Crippen LogP contribution in [0.2, 0.25) is 0 Å². The minimum absolute atomic E-state index is 0.917. The maximum Gasteiger partial charge on any atom is 0.0632 e. The second kappa shape index (κ2) is 1.99. The van der Waals surface area contributed by atoms with Crippen molar-refractivity contribution >= 4 is 18.1 Å². The summed E-state index contributed by atoms with van der Waals surface area (Å²) < 4.78 is 2.02. The van der Waals surface area contributed by atoms with Gasteiger partial charge in [0, 0.05) is 12.4 Å². The minimum Gasteiger partial charge on any atom is -0.322 e. The highest BCUT2D eigenvalue weighted by Gasteiger charge is 1.94. The Morgan fingerprint density at radius 3 is 2.80 bits per heavy atom. The molecule has 1 nitrogen and oxygen atoms in total. The van der Waals surface area contributed by atoms with Gasteiger partial charge in [0.2, 0.25) is 0 Å². The van der Waals surface area contributed by atoms with Gasteiger partial charge in [0.25, 0.3) is 0 Å². The van der Waals surface area contributed by atoms with E-state index >= 15 is 0 Å². The van der Waals surface area contributed by atoms with Gasteiger partial charge in [-0.3, -0.25) is 0 Å². The number of hydrogen-bond donors (Lipinski definition) is 0. The summed E-state index contributed by atoms with van der Waals surface area (Å²) in [4.78, 5) is 0.917. The summed E-state index contributed by atoms with van der Waals surface area (Å²) in [6, 6.07) is 7.93. The van der Waals surface area contributed by atoms with Crippen molar-refractivity contribution in [1.82, 2.24) is 4.40 Å². The Morgan fingerprint density at radius 1 is 1.10 bits per heavy atom. The van der Waals surface area contributed by atoms with E-state index in [0.29, 0.717) is 0 Å². The molecular weight excluding hydrogens is 142 g/mol. The molecular formula is C8H6NS. The summed E-state index contributed by atoms with van der Waals surface area (Å²) in [7, 11) is 0. The molecule has 0 bridgehead atoms. The molecule has 1 radical (unpaired) electrons. The van der Waals surface area contributed by atoms with Gasteiger partial charge >= 0.3 is 0 Å². The van der Waals surface area contributed by atoms with Gasteiger partial charge in [-0.15, -0.1) is 0 Å². The Morgan fingerprint density at radius 2 is 2.00 bits per heavy atom. The monoisotopic (exact) mass is 148 g/mol. The summed E-state index contributed by atoms with van der Waals surface area (Å²) in [6.07, 6.45) is 3.96. The van der Waals surface area contributed by atoms with Crippen LogP contribution in [0.15, 0.2) is 41.6 Å². The maximum absolute atomic E-state index is 5.07. The predicted octanol–water partition coefficient (Wildman–Crippen LogP) is 2.50. The topological polar surface area (TPSA) is 4.41 Å². The largest absolute Gasteiger partial charge is 0.322 e. The summed E-state index contributed by atoms with van der Waals surface area (Å²) in [6.45, 7) is 0. The first-order valence-corrected chi connectivity index (χ1v) is 3.51. The fourth-order valence-electron chi connectivity index (χ4n) is 1.03. The van der Waals surface area contributed by atoms with Crippen LogP contribution in [0, 0.1) is 0 Å². The SMILES string of the molecule is [S]c1ccn2ccccc12. The van der Waals surface area contributed by atoms with E-state index in [1.807, 2.05) is 41.1 Å². The van der Waals surface area contributed by atoms with Gasteiger partial charge in [0.15, 0.2) is 0 Å². The van der Waals surface area contributed by atoms with Crippen molar-refractivity contribution in [3.05, 3.63) is 36.7 Å². The first-order chi connectivity index (χ1) is 4.88. The van der Waals surface area contributed by atoms with E-state index in [4.69, 9.17) is 12.6 Å². The molecule has 0 N–H and O–H groups in total. The van der Waals surface area contributed by atoms with Crippen LogP contribution >= 0.6 is 12.6 Å². The average molecular weight is 148 g/mol. The van der Waals surface area contributed by atoms with Crippen molar-refractivity contribution in [2.45, 2.75) is 4.90 Å². The Hall–Kier alpha value is -1.02. The second-order valence-corrected chi connectivity index (χ2v) is 2.61. The molecule has 10 heavy (non-hydrogen) atoms. The third kappa shape index (κ3) is 0.693. The first-order valence-electron chi connectivity index (χ1n) is 3.10. The lowest BCUT2D eigenvalue weighted by Gasteiger charge is -1.90. The van der Waals surface area contributed by atoms with Crippen molar-refractivity contribution in [2.24, 2.45) is 0 Å². The van der Waals surface area contributed by atoms with E-state index in [1.165, 1.54) is 0 Å². The highest BCUT2D eigenvalue weighted by atomic mass is 32.1. The normalized spacial score (nSPS) is 10.4. The fraction of sp³-hybridized carbons (Fsp3) is 0. The van der Waals surface area contributed by atoms with E-state index in [-0.39, 0.29) is 0 Å². The Kier molecular flexibility index (Phi) is 1.14. The number of aromatic nitrogens is 1. The zero-order valence-corrected chi connectivity index (χ0v) is 6.14. The number of fused-ring (bicyclic) bond motifs is 1. The van der Waals surface area contributed by atoms with Crippen LogP contribution in [0.3, 0.4) is 0 Å². The highest BCUT2D eigenvalue weighted by Crippen LogP contribution is 2.14. The van der Waals surface area contributed by atoms with Crippen LogP contribution < -0.4 is 0 Å². The van der Waals surface area contributed by atoms with Crippen LogP contribution in [-0.4, -0.2) is 4.40 Å². The van der Waals surface area contributed by atoms with Gasteiger partial charge < -0.3 is 4.40 Å². The van der Waals surface area contributed by atoms with Crippen molar-refractivity contribution < 1.29 is 0 Å². The van der Waals surface area contributed by atoms with Gasteiger partial charge in [-0.05, 0) is 18.2 Å². The Bertz CT molecular complexity index is 351. The van der Waals surface area contributed by atoms with Crippen LogP contribution in [0.25, 0.3) is 5.52 Å². The second-order valence-electron chi connectivity index (χ2n) is 2.17. The number of pyridine rings is 1. The average Bonchev–Trinajstić information content (AvgIpc) is 2.34. The number of hydrogen-bond acceptors (Lipinski definition) is 0. The molecule has 2 heteroatoms. The molecule has 0 saturated carbocycles. The zero-order chi connectivity index (χ0) is 6.97. The standard InChI is InChI=1S/C8H6NS/c10-8-4-6-9-5-2-1-3-7(8)9/h1-6H. The molecule has 49 valence electrons. The zero-order valence-electron chi connectivity index (χ0n) is 5.32. The van der Waals surface area contributed by atoms with E-state index in [0.717, 1.165) is 10.4 Å². The quantitative estimate of drug-likeness (QED) is 0.540. The number of nitrogens with zero attached hydrogens (tertiary/aromatic N) is 1. The molecule has 2 heterocycles. The molecule has 0 unspecified atom stereocenters. The summed E-state index contributed by atoms with van der Waals surface area (Å²) >= 11 is 5.07. The van der Waals surface area contributed by atoms with E-state index in [1.54, 1.807) is 0 Å². The van der Waals surface area contributed by atoms with Crippen LogP contribution in [0.4, 0.5) is 0 Å². The molecule has 0 saturated heterocycles. The highest BCUT2D eigenvalue weighted by molar-refractivity contribution is 7.80. The predicted molar refractivity (Wildman–Crippen MR) is 43.3 cm³/mol. The van der Waals surface area contributed by atoms with Crippen molar-refractivity contribution in [3.63, 3.8) is 0 Å². The molecule has 0 aliphatic rings. The van der Waals surface area contributed by atoms with Gasteiger partial charge in [-0.1, -0.05) is 18.7 Å². The van der Waals surface area contributed by atoms with E-state index in [2.05, 4.69) is 0 Å². The molecule has 0 fully saturated rings. The molecule has 0 spiro atoms. The summed E-state index contributed by atoms with van der Waals surface area (Å²) in [5.41, 5.74) is 1.11. The third-order valence-electron chi connectivity index (χ3n) is 1.53. The number of rotatable bonds is 0. The lowest BCUT2D eigenvalue weighted by molar-refractivity contribution is 1.19. The molecule has 0 amide bonds. The fourth-order valence-corrected chi connectivity index (χ4v) is 1.26. The van der Waals surface area contributed by atoms with E-state index < -0.39 is 0 Å². The van der Waals surface area contributed by atoms with Crippen LogP contribution in [0.5, 0.6) is 0 Å². The van der Waals surface area contributed by atoms with Crippen LogP contribution in [0.1, 0.15) is 0 Å². The van der Waals surface area contributed by atoms with Gasteiger partial charge in [-0.2, -0.15) is 0 Å². The lowest BCUT2D eigenvalue weighted by atomic mass is 10.4. The lowest BCUT2D eigenvalue weighted by Crippen LogP contribution is -1.76. The molecule has 0 aliphatic carbocycles. The van der Waals surface area contributed by atoms with Crippen LogP contribution in [-0.2, 0) is 0 Å². The Labute approximate surface area is 64.7 Å². The molecule has 2 aromatic heterocycles. The molecule has 0 atom stereocenters. The van der Waals surface area contributed by atoms with Gasteiger partial charge in [-0.25, -0.2) is 0 Å². The van der Waals surface area contributed by atoms with Gasteiger partial charge in [0.05, 0.1) is 10.4 Å². The molecule has 2 rings (SSSR count). The Balaban J connectivity index is 2.93.